The van der Waals surface area contributed by atoms with E-state index in [4.69, 9.17) is 10.00 Å². The molecule has 90 valence electrons. The molecule has 0 aromatic carbocycles. The zero-order chi connectivity index (χ0) is 11.9. The number of nitrogens with zero attached hydrogens (tertiary/aromatic N) is 4. The van der Waals surface area contributed by atoms with Gasteiger partial charge in [-0.05, 0) is 12.1 Å². The minimum atomic E-state index is 0.363. The van der Waals surface area contributed by atoms with E-state index in [-0.39, 0.29) is 0 Å². The lowest BCUT2D eigenvalue weighted by Crippen LogP contribution is -2.37. The molecule has 1 fully saturated rings. The van der Waals surface area contributed by atoms with Crippen LogP contribution in [0.25, 0.3) is 0 Å². The fourth-order valence-corrected chi connectivity index (χ4v) is 2.38. The number of nitriles is 1. The molecule has 6 heteroatoms. The summed E-state index contributed by atoms with van der Waals surface area (Å²) in [6.07, 6.45) is 0. The standard InChI is InChI=1S/C11H14N4OS/c12-9-10-1-2-11(14-13-10)17-8-5-15-3-6-16-7-4-15/h1-2H,3-8H2. The van der Waals surface area contributed by atoms with E-state index in [1.807, 2.05) is 12.1 Å². The number of morpholine rings is 1. The molecule has 1 aliphatic rings. The molecule has 0 radical (unpaired) electrons. The highest BCUT2D eigenvalue weighted by atomic mass is 32.2. The van der Waals surface area contributed by atoms with Crippen LogP contribution < -0.4 is 0 Å². The molecule has 1 aromatic rings. The summed E-state index contributed by atoms with van der Waals surface area (Å²) < 4.78 is 5.29. The molecule has 0 atom stereocenters. The third kappa shape index (κ3) is 3.97. The zero-order valence-corrected chi connectivity index (χ0v) is 10.3. The fraction of sp³-hybridized carbons (Fsp3) is 0.545. The Morgan fingerprint density at radius 1 is 1.35 bits per heavy atom. The first-order chi connectivity index (χ1) is 8.38. The number of rotatable bonds is 4. The second-order valence-electron chi connectivity index (χ2n) is 3.67. The Morgan fingerprint density at radius 3 is 2.82 bits per heavy atom. The SMILES string of the molecule is N#Cc1ccc(SCCN2CCOCC2)nn1. The quantitative estimate of drug-likeness (QED) is 0.736. The lowest BCUT2D eigenvalue weighted by molar-refractivity contribution is 0.0410. The van der Waals surface area contributed by atoms with Crippen molar-refractivity contribution >= 4 is 11.8 Å². The summed E-state index contributed by atoms with van der Waals surface area (Å²) in [5.41, 5.74) is 0.363. The second-order valence-corrected chi connectivity index (χ2v) is 4.79. The van der Waals surface area contributed by atoms with Gasteiger partial charge >= 0.3 is 0 Å². The highest BCUT2D eigenvalue weighted by Gasteiger charge is 2.09. The van der Waals surface area contributed by atoms with Gasteiger partial charge in [0.2, 0.25) is 0 Å². The van der Waals surface area contributed by atoms with Crippen molar-refractivity contribution < 1.29 is 4.74 Å². The largest absolute Gasteiger partial charge is 0.379 e. The summed E-state index contributed by atoms with van der Waals surface area (Å²) in [6, 6.07) is 5.50. The van der Waals surface area contributed by atoms with Gasteiger partial charge in [0, 0.05) is 25.4 Å². The number of hydrogen-bond acceptors (Lipinski definition) is 6. The van der Waals surface area contributed by atoms with Crippen molar-refractivity contribution in [1.29, 1.82) is 5.26 Å². The maximum absolute atomic E-state index is 8.60. The van der Waals surface area contributed by atoms with Crippen molar-refractivity contribution in [2.24, 2.45) is 0 Å². The van der Waals surface area contributed by atoms with E-state index in [2.05, 4.69) is 15.1 Å². The van der Waals surface area contributed by atoms with Gasteiger partial charge in [0.15, 0.2) is 5.69 Å². The predicted molar refractivity (Wildman–Crippen MR) is 64.7 cm³/mol. The van der Waals surface area contributed by atoms with E-state index < -0.39 is 0 Å². The van der Waals surface area contributed by atoms with E-state index in [0.29, 0.717) is 5.69 Å². The summed E-state index contributed by atoms with van der Waals surface area (Å²) >= 11 is 1.67. The number of aromatic nitrogens is 2. The highest BCUT2D eigenvalue weighted by Crippen LogP contribution is 2.14. The van der Waals surface area contributed by atoms with Crippen molar-refractivity contribution in [1.82, 2.24) is 15.1 Å². The third-order valence-corrected chi connectivity index (χ3v) is 3.42. The van der Waals surface area contributed by atoms with Crippen LogP contribution in [0.5, 0.6) is 0 Å². The van der Waals surface area contributed by atoms with Crippen LogP contribution in [0.15, 0.2) is 17.2 Å². The topological polar surface area (TPSA) is 62.0 Å². The molecule has 2 heterocycles. The van der Waals surface area contributed by atoms with Crippen LogP contribution in [0.1, 0.15) is 5.69 Å². The van der Waals surface area contributed by atoms with Gasteiger partial charge in [-0.25, -0.2) is 0 Å². The molecule has 0 saturated carbocycles. The van der Waals surface area contributed by atoms with Crippen LogP contribution in [0.3, 0.4) is 0 Å². The fourth-order valence-electron chi connectivity index (χ4n) is 1.56. The first-order valence-corrected chi connectivity index (χ1v) is 6.54. The Balaban J connectivity index is 1.72. The maximum atomic E-state index is 8.60. The summed E-state index contributed by atoms with van der Waals surface area (Å²) in [6.45, 7) is 4.73. The van der Waals surface area contributed by atoms with Gasteiger partial charge in [0.25, 0.3) is 0 Å². The van der Waals surface area contributed by atoms with Gasteiger partial charge in [-0.3, -0.25) is 4.90 Å². The average Bonchev–Trinajstić information content (AvgIpc) is 2.41. The Hall–Kier alpha value is -1.16. The van der Waals surface area contributed by atoms with Crippen LogP contribution >= 0.6 is 11.8 Å². The zero-order valence-electron chi connectivity index (χ0n) is 9.50. The summed E-state index contributed by atoms with van der Waals surface area (Å²) in [5, 5.41) is 17.2. The van der Waals surface area contributed by atoms with Gasteiger partial charge in [0.05, 0.1) is 13.2 Å². The van der Waals surface area contributed by atoms with Gasteiger partial charge < -0.3 is 4.74 Å². The van der Waals surface area contributed by atoms with Gasteiger partial charge in [-0.2, -0.15) is 5.26 Å². The Labute approximate surface area is 105 Å². The van der Waals surface area contributed by atoms with Gasteiger partial charge in [0.1, 0.15) is 11.1 Å². The second kappa shape index (κ2) is 6.55. The normalized spacial score (nSPS) is 16.6. The number of ether oxygens (including phenoxy) is 1. The minimum Gasteiger partial charge on any atom is -0.379 e. The smallest absolute Gasteiger partial charge is 0.163 e. The van der Waals surface area contributed by atoms with Crippen LogP contribution in [-0.4, -0.2) is 53.7 Å². The molecule has 0 aliphatic carbocycles. The molecule has 0 N–H and O–H groups in total. The maximum Gasteiger partial charge on any atom is 0.163 e. The van der Waals surface area contributed by atoms with Crippen molar-refractivity contribution in [3.8, 4) is 6.07 Å². The van der Waals surface area contributed by atoms with Gasteiger partial charge in [-0.15, -0.1) is 22.0 Å². The van der Waals surface area contributed by atoms with Gasteiger partial charge in [-0.1, -0.05) is 0 Å². The molecule has 1 aromatic heterocycles. The van der Waals surface area contributed by atoms with Crippen molar-refractivity contribution in [2.75, 3.05) is 38.6 Å². The molecule has 0 unspecified atom stereocenters. The average molecular weight is 250 g/mol. The van der Waals surface area contributed by atoms with Crippen molar-refractivity contribution in [3.05, 3.63) is 17.8 Å². The molecule has 2 rings (SSSR count). The van der Waals surface area contributed by atoms with Crippen LogP contribution in [0.4, 0.5) is 0 Å². The molecule has 0 bridgehead atoms. The first kappa shape index (κ1) is 12.3. The third-order valence-electron chi connectivity index (χ3n) is 2.52. The number of thioether (sulfide) groups is 1. The van der Waals surface area contributed by atoms with E-state index in [1.165, 1.54) is 0 Å². The molecule has 17 heavy (non-hydrogen) atoms. The predicted octanol–water partition coefficient (Wildman–Crippen LogP) is 0.773. The van der Waals surface area contributed by atoms with Crippen molar-refractivity contribution in [2.45, 2.75) is 5.03 Å². The summed E-state index contributed by atoms with van der Waals surface area (Å²) in [5.74, 6) is 0.987. The summed E-state index contributed by atoms with van der Waals surface area (Å²) in [7, 11) is 0. The van der Waals surface area contributed by atoms with Crippen LogP contribution in [0, 0.1) is 11.3 Å². The van der Waals surface area contributed by atoms with E-state index in [0.717, 1.165) is 43.6 Å². The molecule has 5 nitrogen and oxygen atoms in total. The minimum absolute atomic E-state index is 0.363. The van der Waals surface area contributed by atoms with Crippen LogP contribution in [0.2, 0.25) is 0 Å². The molecular weight excluding hydrogens is 236 g/mol. The molecule has 0 amide bonds. The highest BCUT2D eigenvalue weighted by molar-refractivity contribution is 7.99. The number of hydrogen-bond donors (Lipinski definition) is 0. The Kier molecular flexibility index (Phi) is 4.74. The van der Waals surface area contributed by atoms with Crippen molar-refractivity contribution in [3.63, 3.8) is 0 Å². The van der Waals surface area contributed by atoms with E-state index in [1.54, 1.807) is 17.8 Å². The molecule has 1 saturated heterocycles. The van der Waals surface area contributed by atoms with Crippen LogP contribution in [-0.2, 0) is 4.74 Å². The Bertz CT molecular complexity index is 383. The lowest BCUT2D eigenvalue weighted by Gasteiger charge is -2.26. The Morgan fingerprint density at radius 2 is 2.18 bits per heavy atom. The summed E-state index contributed by atoms with van der Waals surface area (Å²) in [4.78, 5) is 2.38. The van der Waals surface area contributed by atoms with E-state index in [9.17, 15) is 0 Å². The molecular formula is C11H14N4OS. The molecule has 1 aliphatic heterocycles. The molecule has 0 spiro atoms. The first-order valence-electron chi connectivity index (χ1n) is 5.55. The monoisotopic (exact) mass is 250 g/mol. The van der Waals surface area contributed by atoms with E-state index >= 15 is 0 Å². The lowest BCUT2D eigenvalue weighted by atomic mass is 10.4.